The fraction of sp³-hybridized carbons (Fsp3) is 0.333. The van der Waals surface area contributed by atoms with Crippen molar-refractivity contribution in [3.05, 3.63) is 33.9 Å². The van der Waals surface area contributed by atoms with Crippen molar-refractivity contribution in [1.29, 1.82) is 0 Å². The summed E-state index contributed by atoms with van der Waals surface area (Å²) < 4.78 is 3.60. The Hall–Kier alpha value is -0.800. The molecule has 3 rings (SSSR count). The Balaban J connectivity index is 2.39. The lowest BCUT2D eigenvalue weighted by Gasteiger charge is -2.18. The first-order valence-electron chi connectivity index (χ1n) is 5.25. The number of nitrogens with one attached hydrogen (secondary N) is 1. The van der Waals surface area contributed by atoms with E-state index < -0.39 is 0 Å². The molecule has 1 aromatic carbocycles. The summed E-state index contributed by atoms with van der Waals surface area (Å²) in [6.07, 6.45) is 0. The van der Waals surface area contributed by atoms with Crippen molar-refractivity contribution in [2.24, 2.45) is 0 Å². The summed E-state index contributed by atoms with van der Waals surface area (Å²) in [5, 5.41) is 4.81. The normalized spacial score (nSPS) is 15.6. The average Bonchev–Trinajstić information content (AvgIpc) is 2.54. The number of aryl methyl sites for hydroxylation is 1. The van der Waals surface area contributed by atoms with Crippen molar-refractivity contribution >= 4 is 26.8 Å². The van der Waals surface area contributed by atoms with Crippen LogP contribution in [-0.2, 0) is 13.1 Å². The first-order valence-corrected chi connectivity index (χ1v) is 6.04. The second kappa shape index (κ2) is 3.35. The summed E-state index contributed by atoms with van der Waals surface area (Å²) in [4.78, 5) is 0. The summed E-state index contributed by atoms with van der Waals surface area (Å²) in [5.41, 5.74) is 4.22. The van der Waals surface area contributed by atoms with Crippen LogP contribution in [0.4, 0.5) is 0 Å². The van der Waals surface area contributed by atoms with Crippen molar-refractivity contribution in [2.45, 2.75) is 20.0 Å². The zero-order chi connectivity index (χ0) is 10.4. The Bertz CT molecular complexity index is 528. The van der Waals surface area contributed by atoms with Gasteiger partial charge in [-0.1, -0.05) is 22.0 Å². The van der Waals surface area contributed by atoms with Crippen LogP contribution in [0.25, 0.3) is 10.9 Å². The van der Waals surface area contributed by atoms with Crippen molar-refractivity contribution in [3.8, 4) is 0 Å². The molecule has 15 heavy (non-hydrogen) atoms. The van der Waals surface area contributed by atoms with E-state index in [0.717, 1.165) is 24.1 Å². The second-order valence-electron chi connectivity index (χ2n) is 4.06. The maximum absolute atomic E-state index is 3.54. The monoisotopic (exact) mass is 264 g/mol. The van der Waals surface area contributed by atoms with E-state index in [1.807, 2.05) is 0 Å². The highest BCUT2D eigenvalue weighted by atomic mass is 79.9. The largest absolute Gasteiger partial charge is 0.342 e. The van der Waals surface area contributed by atoms with E-state index in [2.05, 4.69) is 50.9 Å². The van der Waals surface area contributed by atoms with Gasteiger partial charge in [0.15, 0.2) is 0 Å². The molecule has 0 unspecified atom stereocenters. The molecule has 2 aromatic rings. The van der Waals surface area contributed by atoms with Gasteiger partial charge in [-0.3, -0.25) is 0 Å². The summed E-state index contributed by atoms with van der Waals surface area (Å²) >= 11 is 3.54. The van der Waals surface area contributed by atoms with E-state index in [9.17, 15) is 0 Å². The van der Waals surface area contributed by atoms with E-state index in [-0.39, 0.29) is 0 Å². The standard InChI is InChI=1S/C12H13BrN2/c1-8-10-3-2-9(13)6-11(10)15-5-4-14-7-12(8)15/h2-3,6,14H,4-5,7H2,1H3. The minimum Gasteiger partial charge on any atom is -0.342 e. The lowest BCUT2D eigenvalue weighted by molar-refractivity contribution is 0.524. The molecular formula is C12H13BrN2. The fourth-order valence-corrected chi connectivity index (χ4v) is 2.78. The van der Waals surface area contributed by atoms with Gasteiger partial charge in [0.05, 0.1) is 0 Å². The molecule has 0 spiro atoms. The molecule has 0 atom stereocenters. The molecule has 3 heteroatoms. The van der Waals surface area contributed by atoms with Gasteiger partial charge < -0.3 is 9.88 Å². The number of hydrogen-bond donors (Lipinski definition) is 1. The van der Waals surface area contributed by atoms with Crippen molar-refractivity contribution in [3.63, 3.8) is 0 Å². The Labute approximate surface area is 97.4 Å². The molecule has 1 aliphatic rings. The van der Waals surface area contributed by atoms with Crippen LogP contribution in [0.5, 0.6) is 0 Å². The molecule has 78 valence electrons. The quantitative estimate of drug-likeness (QED) is 0.775. The molecule has 2 nitrogen and oxygen atoms in total. The Morgan fingerprint density at radius 2 is 2.27 bits per heavy atom. The lowest BCUT2D eigenvalue weighted by Crippen LogP contribution is -2.27. The maximum Gasteiger partial charge on any atom is 0.0497 e. The first kappa shape index (κ1) is 9.43. The first-order chi connectivity index (χ1) is 7.27. The predicted octanol–water partition coefficient (Wildman–Crippen LogP) is 2.82. The topological polar surface area (TPSA) is 17.0 Å². The molecule has 0 aliphatic carbocycles. The molecule has 1 aliphatic heterocycles. The lowest BCUT2D eigenvalue weighted by atomic mass is 10.1. The highest BCUT2D eigenvalue weighted by Crippen LogP contribution is 2.29. The van der Waals surface area contributed by atoms with Crippen molar-refractivity contribution in [1.82, 2.24) is 9.88 Å². The number of halogens is 1. The van der Waals surface area contributed by atoms with Gasteiger partial charge in [-0.05, 0) is 24.6 Å². The minimum atomic E-state index is 0.998. The minimum absolute atomic E-state index is 0.998. The highest BCUT2D eigenvalue weighted by molar-refractivity contribution is 9.10. The van der Waals surface area contributed by atoms with Gasteiger partial charge in [0.25, 0.3) is 0 Å². The molecule has 1 N–H and O–H groups in total. The summed E-state index contributed by atoms with van der Waals surface area (Å²) in [6, 6.07) is 6.55. The molecular weight excluding hydrogens is 252 g/mol. The number of aromatic nitrogens is 1. The Morgan fingerprint density at radius 1 is 1.40 bits per heavy atom. The summed E-state index contributed by atoms with van der Waals surface area (Å²) in [5.74, 6) is 0. The molecule has 0 saturated carbocycles. The number of hydrogen-bond acceptors (Lipinski definition) is 1. The number of nitrogens with zero attached hydrogens (tertiary/aromatic N) is 1. The Kier molecular flexibility index (Phi) is 2.11. The number of fused-ring (bicyclic) bond motifs is 3. The third-order valence-corrected chi connectivity index (χ3v) is 3.71. The number of rotatable bonds is 0. The summed E-state index contributed by atoms with van der Waals surface area (Å²) in [6.45, 7) is 5.37. The molecule has 0 fully saturated rings. The maximum atomic E-state index is 3.54. The van der Waals surface area contributed by atoms with Crippen LogP contribution in [0.2, 0.25) is 0 Å². The third-order valence-electron chi connectivity index (χ3n) is 3.22. The van der Waals surface area contributed by atoms with E-state index in [1.54, 1.807) is 0 Å². The van der Waals surface area contributed by atoms with E-state index in [4.69, 9.17) is 0 Å². The summed E-state index contributed by atoms with van der Waals surface area (Å²) in [7, 11) is 0. The molecule has 0 radical (unpaired) electrons. The third kappa shape index (κ3) is 1.34. The average molecular weight is 265 g/mol. The highest BCUT2D eigenvalue weighted by Gasteiger charge is 2.16. The van der Waals surface area contributed by atoms with Gasteiger partial charge in [-0.2, -0.15) is 0 Å². The van der Waals surface area contributed by atoms with E-state index >= 15 is 0 Å². The molecule has 2 heterocycles. The van der Waals surface area contributed by atoms with Gasteiger partial charge >= 0.3 is 0 Å². The molecule has 0 bridgehead atoms. The van der Waals surface area contributed by atoms with Gasteiger partial charge in [-0.15, -0.1) is 0 Å². The van der Waals surface area contributed by atoms with E-state index in [0.29, 0.717) is 0 Å². The number of benzene rings is 1. The zero-order valence-corrected chi connectivity index (χ0v) is 10.3. The van der Waals surface area contributed by atoms with Crippen LogP contribution >= 0.6 is 15.9 Å². The zero-order valence-electron chi connectivity index (χ0n) is 8.68. The van der Waals surface area contributed by atoms with Crippen LogP contribution in [0.1, 0.15) is 11.3 Å². The van der Waals surface area contributed by atoms with Crippen LogP contribution in [-0.4, -0.2) is 11.1 Å². The van der Waals surface area contributed by atoms with Gasteiger partial charge in [0.1, 0.15) is 0 Å². The van der Waals surface area contributed by atoms with E-state index in [1.165, 1.54) is 22.2 Å². The van der Waals surface area contributed by atoms with Crippen LogP contribution in [0, 0.1) is 6.92 Å². The van der Waals surface area contributed by atoms with Gasteiger partial charge in [0, 0.05) is 40.7 Å². The molecule has 0 amide bonds. The van der Waals surface area contributed by atoms with Gasteiger partial charge in [0.2, 0.25) is 0 Å². The van der Waals surface area contributed by atoms with Crippen molar-refractivity contribution < 1.29 is 0 Å². The van der Waals surface area contributed by atoms with Crippen LogP contribution < -0.4 is 5.32 Å². The second-order valence-corrected chi connectivity index (χ2v) is 4.98. The van der Waals surface area contributed by atoms with Crippen molar-refractivity contribution in [2.75, 3.05) is 6.54 Å². The smallest absolute Gasteiger partial charge is 0.0497 e. The fourth-order valence-electron chi connectivity index (χ4n) is 2.43. The SMILES string of the molecule is Cc1c2n(c3cc(Br)ccc13)CCNC2. The predicted molar refractivity (Wildman–Crippen MR) is 66.1 cm³/mol. The Morgan fingerprint density at radius 3 is 3.13 bits per heavy atom. The molecule has 0 saturated heterocycles. The molecule has 1 aromatic heterocycles. The van der Waals surface area contributed by atoms with Crippen LogP contribution in [0.15, 0.2) is 22.7 Å². The van der Waals surface area contributed by atoms with Crippen LogP contribution in [0.3, 0.4) is 0 Å². The van der Waals surface area contributed by atoms with Gasteiger partial charge in [-0.25, -0.2) is 0 Å².